The van der Waals surface area contributed by atoms with Crippen molar-refractivity contribution in [3.05, 3.63) is 0 Å². The van der Waals surface area contributed by atoms with Gasteiger partial charge in [-0.3, -0.25) is 4.79 Å². The topological polar surface area (TPSA) is 67.6 Å². The van der Waals surface area contributed by atoms with Gasteiger partial charge in [-0.05, 0) is 20.5 Å². The van der Waals surface area contributed by atoms with Gasteiger partial charge in [0.05, 0.1) is 24.1 Å². The lowest BCUT2D eigenvalue weighted by Gasteiger charge is -2.14. The number of hydrogen-bond donors (Lipinski definition) is 2. The van der Waals surface area contributed by atoms with Crippen molar-refractivity contribution in [2.24, 2.45) is 11.7 Å². The molecule has 0 bridgehead atoms. The van der Waals surface area contributed by atoms with E-state index >= 15 is 0 Å². The van der Waals surface area contributed by atoms with E-state index in [9.17, 15) is 4.79 Å². The lowest BCUT2D eigenvalue weighted by Crippen LogP contribution is -2.39. The summed E-state index contributed by atoms with van der Waals surface area (Å²) in [4.78, 5) is 13.9. The maximum Gasteiger partial charge on any atom is 0.230 e. The second-order valence-electron chi connectivity index (χ2n) is 4.07. The predicted octanol–water partition coefficient (Wildman–Crippen LogP) is -0.00690. The van der Waals surface area contributed by atoms with Crippen LogP contribution in [-0.2, 0) is 9.53 Å². The van der Waals surface area contributed by atoms with Crippen molar-refractivity contribution in [3.8, 4) is 0 Å². The normalized spacial score (nSPS) is 12.5. The fourth-order valence-electron chi connectivity index (χ4n) is 1.23. The van der Waals surface area contributed by atoms with Crippen LogP contribution < -0.4 is 11.1 Å². The van der Waals surface area contributed by atoms with E-state index in [0.717, 1.165) is 6.54 Å². The first kappa shape index (κ1) is 16.3. The van der Waals surface area contributed by atoms with Crippen LogP contribution >= 0.6 is 12.2 Å². The Hall–Kier alpha value is -0.720. The van der Waals surface area contributed by atoms with Crippen molar-refractivity contribution in [3.63, 3.8) is 0 Å². The van der Waals surface area contributed by atoms with Crippen molar-refractivity contribution in [2.75, 3.05) is 40.4 Å². The molecule has 1 unspecified atom stereocenters. The fraction of sp³-hybridized carbons (Fsp3) is 0.818. The van der Waals surface area contributed by atoms with Crippen LogP contribution in [0.25, 0.3) is 0 Å². The Bertz CT molecular complexity index is 247. The Morgan fingerprint density at radius 2 is 2.12 bits per heavy atom. The summed E-state index contributed by atoms with van der Waals surface area (Å²) >= 11 is 4.82. The number of ether oxygens (including phenoxy) is 1. The van der Waals surface area contributed by atoms with Gasteiger partial charge in [-0.2, -0.15) is 0 Å². The molecule has 100 valence electrons. The largest absolute Gasteiger partial charge is 0.393 e. The van der Waals surface area contributed by atoms with Crippen LogP contribution in [0.3, 0.4) is 0 Å². The van der Waals surface area contributed by atoms with Gasteiger partial charge in [-0.15, -0.1) is 0 Å². The Labute approximate surface area is 109 Å². The minimum Gasteiger partial charge on any atom is -0.393 e. The number of hydrogen-bond acceptors (Lipinski definition) is 4. The van der Waals surface area contributed by atoms with Gasteiger partial charge in [0.1, 0.15) is 0 Å². The number of likely N-dealkylation sites (N-methyl/N-ethyl adjacent to an activating group) is 1. The zero-order valence-corrected chi connectivity index (χ0v) is 11.7. The van der Waals surface area contributed by atoms with Crippen molar-refractivity contribution in [1.29, 1.82) is 0 Å². The first-order valence-corrected chi connectivity index (χ1v) is 6.19. The summed E-state index contributed by atoms with van der Waals surface area (Å²) < 4.78 is 5.35. The molecule has 1 atom stereocenters. The van der Waals surface area contributed by atoms with Crippen LogP contribution in [0.1, 0.15) is 13.3 Å². The second-order valence-corrected chi connectivity index (χ2v) is 4.54. The summed E-state index contributed by atoms with van der Waals surface area (Å²) in [6.45, 7) is 4.42. The molecule has 3 N–H and O–H groups in total. The van der Waals surface area contributed by atoms with E-state index in [0.29, 0.717) is 26.2 Å². The smallest absolute Gasteiger partial charge is 0.230 e. The van der Waals surface area contributed by atoms with Crippen LogP contribution in [0.2, 0.25) is 0 Å². The molecule has 0 saturated heterocycles. The lowest BCUT2D eigenvalue weighted by molar-refractivity contribution is -0.123. The fourth-order valence-corrected chi connectivity index (χ4v) is 1.51. The van der Waals surface area contributed by atoms with Gasteiger partial charge < -0.3 is 20.7 Å². The highest BCUT2D eigenvalue weighted by Crippen LogP contribution is 2.02. The van der Waals surface area contributed by atoms with Gasteiger partial charge in [0.25, 0.3) is 0 Å². The molecular formula is C11H23N3O2S. The van der Waals surface area contributed by atoms with Gasteiger partial charge in [0, 0.05) is 13.1 Å². The Morgan fingerprint density at radius 1 is 1.47 bits per heavy atom. The molecule has 1 amide bonds. The zero-order chi connectivity index (χ0) is 13.3. The minimum absolute atomic E-state index is 0.115. The molecule has 0 aliphatic rings. The number of rotatable bonds is 9. The summed E-state index contributed by atoms with van der Waals surface area (Å²) in [5.74, 6) is -0.483. The molecule has 6 heteroatoms. The third-order valence-electron chi connectivity index (χ3n) is 2.30. The van der Waals surface area contributed by atoms with Crippen molar-refractivity contribution >= 4 is 23.1 Å². The molecule has 0 fully saturated rings. The molecule has 0 saturated carbocycles. The van der Waals surface area contributed by atoms with E-state index in [1.54, 1.807) is 0 Å². The first-order chi connectivity index (χ1) is 7.99. The third kappa shape index (κ3) is 8.06. The molecule has 0 aromatic heterocycles. The van der Waals surface area contributed by atoms with Gasteiger partial charge in [0.2, 0.25) is 5.91 Å². The molecule has 0 aliphatic heterocycles. The summed E-state index contributed by atoms with van der Waals surface area (Å²) in [6, 6.07) is 0. The molecule has 0 aliphatic carbocycles. The highest BCUT2D eigenvalue weighted by molar-refractivity contribution is 7.80. The van der Waals surface area contributed by atoms with Crippen molar-refractivity contribution in [1.82, 2.24) is 10.2 Å². The average molecular weight is 261 g/mol. The number of carbonyl (C=O) groups excluding carboxylic acids is 1. The maximum atomic E-state index is 11.6. The van der Waals surface area contributed by atoms with Crippen molar-refractivity contribution in [2.45, 2.75) is 13.3 Å². The summed E-state index contributed by atoms with van der Waals surface area (Å²) in [5.41, 5.74) is 5.47. The summed E-state index contributed by atoms with van der Waals surface area (Å²) in [5, 5.41) is 2.76. The summed E-state index contributed by atoms with van der Waals surface area (Å²) in [6.07, 6.45) is 0.628. The molecule has 0 heterocycles. The number of amides is 1. The molecule has 0 radical (unpaired) electrons. The van der Waals surface area contributed by atoms with Gasteiger partial charge in [-0.1, -0.05) is 19.1 Å². The Balaban J connectivity index is 3.60. The van der Waals surface area contributed by atoms with E-state index in [1.807, 2.05) is 25.9 Å². The molecule has 0 rings (SSSR count). The van der Waals surface area contributed by atoms with Crippen LogP contribution in [0.15, 0.2) is 0 Å². The van der Waals surface area contributed by atoms with E-state index in [-0.39, 0.29) is 16.8 Å². The number of nitrogens with two attached hydrogens (primary N) is 1. The minimum atomic E-state index is -0.369. The number of carbonyl (C=O) groups is 1. The van der Waals surface area contributed by atoms with Crippen LogP contribution in [0, 0.1) is 5.92 Å². The Kier molecular flexibility index (Phi) is 8.93. The van der Waals surface area contributed by atoms with Crippen LogP contribution in [-0.4, -0.2) is 56.2 Å². The van der Waals surface area contributed by atoms with Gasteiger partial charge in [0.15, 0.2) is 0 Å². The standard InChI is InChI=1S/C11H23N3O2S/c1-4-9(10(12)17)11(15)13-5-7-16-8-6-14(2)3/h9H,4-8H2,1-3H3,(H2,12,17)(H,13,15). The third-order valence-corrected chi connectivity index (χ3v) is 2.58. The first-order valence-electron chi connectivity index (χ1n) is 5.78. The van der Waals surface area contributed by atoms with Crippen LogP contribution in [0.4, 0.5) is 0 Å². The molecule has 5 nitrogen and oxygen atoms in total. The molecule has 17 heavy (non-hydrogen) atoms. The number of thiocarbonyl (C=S) groups is 1. The van der Waals surface area contributed by atoms with Gasteiger partial charge >= 0.3 is 0 Å². The lowest BCUT2D eigenvalue weighted by atomic mass is 10.1. The molecule has 0 aromatic carbocycles. The van der Waals surface area contributed by atoms with Crippen LogP contribution in [0.5, 0.6) is 0 Å². The molecule has 0 aromatic rings. The SMILES string of the molecule is CCC(C(=O)NCCOCCN(C)C)C(N)=S. The van der Waals surface area contributed by atoms with Gasteiger partial charge in [-0.25, -0.2) is 0 Å². The number of nitrogens with one attached hydrogen (secondary N) is 1. The molecule has 0 spiro atoms. The quantitative estimate of drug-likeness (QED) is 0.451. The maximum absolute atomic E-state index is 11.6. The Morgan fingerprint density at radius 3 is 2.59 bits per heavy atom. The second kappa shape index (κ2) is 9.32. The zero-order valence-electron chi connectivity index (χ0n) is 10.9. The highest BCUT2D eigenvalue weighted by Gasteiger charge is 2.18. The van der Waals surface area contributed by atoms with Crippen molar-refractivity contribution < 1.29 is 9.53 Å². The van der Waals surface area contributed by atoms with E-state index in [2.05, 4.69) is 5.32 Å². The van der Waals surface area contributed by atoms with E-state index < -0.39 is 0 Å². The molecular weight excluding hydrogens is 238 g/mol. The number of nitrogens with zero attached hydrogens (tertiary/aromatic N) is 1. The average Bonchev–Trinajstić information content (AvgIpc) is 2.23. The predicted molar refractivity (Wildman–Crippen MR) is 72.9 cm³/mol. The highest BCUT2D eigenvalue weighted by atomic mass is 32.1. The van der Waals surface area contributed by atoms with E-state index in [1.165, 1.54) is 0 Å². The van der Waals surface area contributed by atoms with E-state index in [4.69, 9.17) is 22.7 Å². The monoisotopic (exact) mass is 261 g/mol. The summed E-state index contributed by atoms with van der Waals surface area (Å²) in [7, 11) is 3.97.